The average molecular weight is 333 g/mol. The Morgan fingerprint density at radius 3 is 2.26 bits per heavy atom. The summed E-state index contributed by atoms with van der Waals surface area (Å²) in [5.41, 5.74) is 8.13. The third-order valence-corrected chi connectivity index (χ3v) is 3.85. The standard InChI is InChI=1S/C14H27N3O6/c15-17-16-7-5-3-1-2-4-6-8-22-14-13(21)12(20)11(19)10(9-18)23-14/h10-14,18-21H,1-9H2/t10-,11-,12+,13-,14+/m1/s1. The Morgan fingerprint density at radius 1 is 0.957 bits per heavy atom. The molecule has 0 spiro atoms. The van der Waals surface area contributed by atoms with Crippen LogP contribution in [0.25, 0.3) is 10.4 Å². The zero-order chi connectivity index (χ0) is 17.1. The van der Waals surface area contributed by atoms with Crippen LogP contribution in [0.3, 0.4) is 0 Å². The molecule has 134 valence electrons. The predicted molar refractivity (Wildman–Crippen MR) is 81.4 cm³/mol. The van der Waals surface area contributed by atoms with Crippen LogP contribution < -0.4 is 0 Å². The Balaban J connectivity index is 2.09. The predicted octanol–water partition coefficient (Wildman–Crippen LogP) is 0.454. The van der Waals surface area contributed by atoms with Gasteiger partial charge in [0.1, 0.15) is 24.4 Å². The minimum Gasteiger partial charge on any atom is -0.394 e. The maximum absolute atomic E-state index is 9.79. The summed E-state index contributed by atoms with van der Waals surface area (Å²) >= 11 is 0. The molecule has 0 bridgehead atoms. The number of aliphatic hydroxyl groups excluding tert-OH is 4. The van der Waals surface area contributed by atoms with Crippen LogP contribution >= 0.6 is 0 Å². The number of hydrogen-bond donors (Lipinski definition) is 4. The van der Waals surface area contributed by atoms with Crippen LogP contribution in [0.5, 0.6) is 0 Å². The van der Waals surface area contributed by atoms with E-state index in [0.29, 0.717) is 13.2 Å². The molecule has 0 aliphatic carbocycles. The van der Waals surface area contributed by atoms with Crippen molar-refractivity contribution in [2.24, 2.45) is 5.11 Å². The van der Waals surface area contributed by atoms with E-state index in [1.807, 2.05) is 0 Å². The molecule has 23 heavy (non-hydrogen) atoms. The summed E-state index contributed by atoms with van der Waals surface area (Å²) in [7, 11) is 0. The molecule has 0 radical (unpaired) electrons. The molecule has 1 saturated heterocycles. The second kappa shape index (κ2) is 11.6. The lowest BCUT2D eigenvalue weighted by Crippen LogP contribution is -2.59. The number of ether oxygens (including phenoxy) is 2. The normalized spacial score (nSPS) is 30.9. The van der Waals surface area contributed by atoms with E-state index in [4.69, 9.17) is 20.1 Å². The van der Waals surface area contributed by atoms with Crippen molar-refractivity contribution in [2.75, 3.05) is 19.8 Å². The highest BCUT2D eigenvalue weighted by atomic mass is 16.7. The number of aliphatic hydroxyl groups is 4. The van der Waals surface area contributed by atoms with Crippen LogP contribution in [-0.4, -0.2) is 70.9 Å². The highest BCUT2D eigenvalue weighted by Crippen LogP contribution is 2.22. The van der Waals surface area contributed by atoms with E-state index < -0.39 is 37.3 Å². The molecule has 4 N–H and O–H groups in total. The largest absolute Gasteiger partial charge is 0.394 e. The third-order valence-electron chi connectivity index (χ3n) is 3.85. The fourth-order valence-corrected chi connectivity index (χ4v) is 2.44. The molecule has 5 atom stereocenters. The van der Waals surface area contributed by atoms with E-state index in [-0.39, 0.29) is 0 Å². The lowest BCUT2D eigenvalue weighted by Gasteiger charge is -2.39. The molecule has 0 unspecified atom stereocenters. The maximum atomic E-state index is 9.79. The van der Waals surface area contributed by atoms with Crippen molar-refractivity contribution in [3.05, 3.63) is 10.4 Å². The summed E-state index contributed by atoms with van der Waals surface area (Å²) in [6.45, 7) is 0.443. The summed E-state index contributed by atoms with van der Waals surface area (Å²) in [5.74, 6) is 0. The third kappa shape index (κ3) is 7.01. The number of azide groups is 1. The Labute approximate surface area is 135 Å². The lowest BCUT2D eigenvalue weighted by atomic mass is 9.99. The van der Waals surface area contributed by atoms with E-state index in [0.717, 1.165) is 38.5 Å². The zero-order valence-corrected chi connectivity index (χ0v) is 13.2. The van der Waals surface area contributed by atoms with E-state index >= 15 is 0 Å². The molecule has 0 saturated carbocycles. The van der Waals surface area contributed by atoms with Crippen LogP contribution in [0.2, 0.25) is 0 Å². The first-order valence-electron chi connectivity index (χ1n) is 8.04. The van der Waals surface area contributed by atoms with E-state index in [1.165, 1.54) is 0 Å². The Bertz CT molecular complexity index is 364. The first kappa shape index (κ1) is 20.1. The molecule has 1 aliphatic heterocycles. The van der Waals surface area contributed by atoms with Crippen molar-refractivity contribution in [1.82, 2.24) is 0 Å². The lowest BCUT2D eigenvalue weighted by molar-refractivity contribution is -0.301. The average Bonchev–Trinajstić information content (AvgIpc) is 2.56. The van der Waals surface area contributed by atoms with Crippen LogP contribution in [0, 0.1) is 0 Å². The molecule has 9 nitrogen and oxygen atoms in total. The van der Waals surface area contributed by atoms with Crippen molar-refractivity contribution in [3.63, 3.8) is 0 Å². The summed E-state index contributed by atoms with van der Waals surface area (Å²) in [6, 6.07) is 0. The molecular weight excluding hydrogens is 306 g/mol. The smallest absolute Gasteiger partial charge is 0.186 e. The quantitative estimate of drug-likeness (QED) is 0.187. The van der Waals surface area contributed by atoms with Gasteiger partial charge in [-0.25, -0.2) is 0 Å². The monoisotopic (exact) mass is 333 g/mol. The fourth-order valence-electron chi connectivity index (χ4n) is 2.44. The second-order valence-electron chi connectivity index (χ2n) is 5.64. The highest BCUT2D eigenvalue weighted by molar-refractivity contribution is 4.88. The maximum Gasteiger partial charge on any atom is 0.186 e. The van der Waals surface area contributed by atoms with Gasteiger partial charge in [0.15, 0.2) is 6.29 Å². The van der Waals surface area contributed by atoms with Crippen molar-refractivity contribution < 1.29 is 29.9 Å². The first-order chi connectivity index (χ1) is 11.1. The van der Waals surface area contributed by atoms with Gasteiger partial charge in [-0.15, -0.1) is 0 Å². The molecule has 0 aromatic carbocycles. The number of unbranched alkanes of at least 4 members (excludes halogenated alkanes) is 5. The Morgan fingerprint density at radius 2 is 1.61 bits per heavy atom. The van der Waals surface area contributed by atoms with Gasteiger partial charge in [0, 0.05) is 18.1 Å². The Hall–Kier alpha value is -0.930. The van der Waals surface area contributed by atoms with Gasteiger partial charge in [-0.2, -0.15) is 0 Å². The molecular formula is C14H27N3O6. The molecule has 1 heterocycles. The molecule has 0 amide bonds. The summed E-state index contributed by atoms with van der Waals surface area (Å²) in [6.07, 6.45) is -0.336. The molecule has 9 heteroatoms. The second-order valence-corrected chi connectivity index (χ2v) is 5.64. The molecule has 0 aromatic heterocycles. The summed E-state index contributed by atoms with van der Waals surface area (Å²) < 4.78 is 10.6. The zero-order valence-electron chi connectivity index (χ0n) is 13.2. The SMILES string of the molecule is [N-]=[N+]=NCCCCCCCCO[C@H]1O[C@H](CO)[C@@H](O)[C@H](O)[C@H]1O. The minimum atomic E-state index is -1.40. The topological polar surface area (TPSA) is 148 Å². The van der Waals surface area contributed by atoms with Gasteiger partial charge in [0.2, 0.25) is 0 Å². The van der Waals surface area contributed by atoms with Gasteiger partial charge in [0.25, 0.3) is 0 Å². The number of rotatable bonds is 11. The van der Waals surface area contributed by atoms with E-state index in [2.05, 4.69) is 10.0 Å². The van der Waals surface area contributed by atoms with Crippen molar-refractivity contribution >= 4 is 0 Å². The molecule has 1 aliphatic rings. The van der Waals surface area contributed by atoms with Crippen molar-refractivity contribution in [1.29, 1.82) is 0 Å². The van der Waals surface area contributed by atoms with Crippen LogP contribution in [0.15, 0.2) is 5.11 Å². The highest BCUT2D eigenvalue weighted by Gasteiger charge is 2.43. The van der Waals surface area contributed by atoms with Gasteiger partial charge in [-0.3, -0.25) is 0 Å². The van der Waals surface area contributed by atoms with Gasteiger partial charge < -0.3 is 29.9 Å². The first-order valence-corrected chi connectivity index (χ1v) is 8.04. The minimum absolute atomic E-state index is 0.363. The van der Waals surface area contributed by atoms with Gasteiger partial charge in [-0.05, 0) is 18.4 Å². The summed E-state index contributed by atoms with van der Waals surface area (Å²) in [4.78, 5) is 2.69. The van der Waals surface area contributed by atoms with Crippen LogP contribution in [-0.2, 0) is 9.47 Å². The number of nitrogens with zero attached hydrogens (tertiary/aromatic N) is 3. The molecule has 0 aromatic rings. The van der Waals surface area contributed by atoms with E-state index in [9.17, 15) is 15.3 Å². The van der Waals surface area contributed by atoms with Crippen LogP contribution in [0.4, 0.5) is 0 Å². The Kier molecular flexibility index (Phi) is 10.1. The van der Waals surface area contributed by atoms with Gasteiger partial charge >= 0.3 is 0 Å². The summed E-state index contributed by atoms with van der Waals surface area (Å²) in [5, 5.41) is 41.6. The molecule has 1 fully saturated rings. The van der Waals surface area contributed by atoms with Crippen molar-refractivity contribution in [3.8, 4) is 0 Å². The number of hydrogen-bond acceptors (Lipinski definition) is 7. The van der Waals surface area contributed by atoms with E-state index in [1.54, 1.807) is 0 Å². The van der Waals surface area contributed by atoms with Gasteiger partial charge in [-0.1, -0.05) is 30.8 Å². The van der Waals surface area contributed by atoms with Crippen molar-refractivity contribution in [2.45, 2.75) is 69.2 Å². The molecule has 1 rings (SSSR count). The van der Waals surface area contributed by atoms with Crippen LogP contribution in [0.1, 0.15) is 38.5 Å². The van der Waals surface area contributed by atoms with Gasteiger partial charge in [0.05, 0.1) is 6.61 Å². The fraction of sp³-hybridized carbons (Fsp3) is 1.00.